The molecule has 1 aromatic rings. The number of allylic oxidation sites excluding steroid dienone is 3. The minimum Gasteiger partial charge on any atom is -0.508 e. The highest BCUT2D eigenvalue weighted by molar-refractivity contribution is 5.89. The standard InChI is InChI=1S/C21H18O4/c1-12-9-15(24-2)5-8-16(12)21-17-6-3-13(22)10-19(17)25-20-11-14(23)4-7-18(20)21/h3-12,16,22H,1-2H3. The molecule has 1 aliphatic heterocycles. The van der Waals surface area contributed by atoms with Gasteiger partial charge in [-0.05, 0) is 47.9 Å². The molecule has 3 aliphatic rings. The predicted octanol–water partition coefficient (Wildman–Crippen LogP) is 4.42. The lowest BCUT2D eigenvalue weighted by atomic mass is 9.79. The fourth-order valence-electron chi connectivity index (χ4n) is 3.54. The normalized spacial score (nSPS) is 20.0. The lowest BCUT2D eigenvalue weighted by Gasteiger charge is -2.26. The SMILES string of the molecule is COC1=CC(C)C(c2c3ccc(=O)cc-3oc3cc(O)ccc23)C=C1. The molecule has 0 spiro atoms. The Morgan fingerprint density at radius 1 is 1.16 bits per heavy atom. The summed E-state index contributed by atoms with van der Waals surface area (Å²) in [6.07, 6.45) is 6.18. The average Bonchev–Trinajstić information content (AvgIpc) is 2.59. The van der Waals surface area contributed by atoms with Gasteiger partial charge in [0.15, 0.2) is 5.43 Å². The maximum Gasteiger partial charge on any atom is 0.182 e. The molecule has 0 saturated heterocycles. The third kappa shape index (κ3) is 2.60. The van der Waals surface area contributed by atoms with Crippen LogP contribution >= 0.6 is 0 Å². The van der Waals surface area contributed by atoms with E-state index in [1.165, 1.54) is 6.07 Å². The van der Waals surface area contributed by atoms with Gasteiger partial charge in [0.25, 0.3) is 0 Å². The predicted molar refractivity (Wildman–Crippen MR) is 96.9 cm³/mol. The lowest BCUT2D eigenvalue weighted by Crippen LogP contribution is -2.13. The Morgan fingerprint density at radius 2 is 2.00 bits per heavy atom. The molecule has 2 unspecified atom stereocenters. The molecule has 0 aromatic heterocycles. The highest BCUT2D eigenvalue weighted by Gasteiger charge is 2.26. The van der Waals surface area contributed by atoms with Crippen LogP contribution in [-0.2, 0) is 4.74 Å². The van der Waals surface area contributed by atoms with E-state index >= 15 is 0 Å². The maximum absolute atomic E-state index is 11.8. The number of hydrogen-bond donors (Lipinski definition) is 1. The van der Waals surface area contributed by atoms with Crippen molar-refractivity contribution in [2.75, 3.05) is 7.11 Å². The zero-order chi connectivity index (χ0) is 17.6. The highest BCUT2D eigenvalue weighted by Crippen LogP contribution is 2.43. The van der Waals surface area contributed by atoms with Crippen LogP contribution in [-0.4, -0.2) is 12.2 Å². The summed E-state index contributed by atoms with van der Waals surface area (Å²) in [6, 6.07) is 9.98. The minimum atomic E-state index is -0.101. The number of benzene rings is 2. The van der Waals surface area contributed by atoms with Gasteiger partial charge in [0.2, 0.25) is 0 Å². The average molecular weight is 334 g/mol. The molecule has 1 aromatic carbocycles. The largest absolute Gasteiger partial charge is 0.508 e. The number of rotatable bonds is 2. The van der Waals surface area contributed by atoms with Gasteiger partial charge in [0.05, 0.1) is 7.11 Å². The molecule has 4 nitrogen and oxygen atoms in total. The molecule has 2 atom stereocenters. The first kappa shape index (κ1) is 15.5. The van der Waals surface area contributed by atoms with Gasteiger partial charge in [0.1, 0.15) is 22.9 Å². The van der Waals surface area contributed by atoms with Crippen LogP contribution in [0.4, 0.5) is 0 Å². The van der Waals surface area contributed by atoms with Gasteiger partial charge in [-0.2, -0.15) is 0 Å². The van der Waals surface area contributed by atoms with E-state index in [0.29, 0.717) is 11.3 Å². The molecule has 1 heterocycles. The molecule has 0 bridgehead atoms. The molecule has 4 rings (SSSR count). The summed E-state index contributed by atoms with van der Waals surface area (Å²) in [6.45, 7) is 2.14. The van der Waals surface area contributed by atoms with Gasteiger partial charge < -0.3 is 14.3 Å². The van der Waals surface area contributed by atoms with E-state index in [-0.39, 0.29) is 23.0 Å². The minimum absolute atomic E-state index is 0.101. The summed E-state index contributed by atoms with van der Waals surface area (Å²) < 4.78 is 11.2. The molecule has 1 N–H and O–H groups in total. The second-order valence-corrected chi connectivity index (χ2v) is 6.37. The molecule has 4 heteroatoms. The van der Waals surface area contributed by atoms with Gasteiger partial charge in [-0.1, -0.05) is 13.0 Å². The first-order valence-electron chi connectivity index (χ1n) is 8.20. The molecule has 2 aliphatic carbocycles. The quantitative estimate of drug-likeness (QED) is 0.705. The third-order valence-corrected chi connectivity index (χ3v) is 4.75. The van der Waals surface area contributed by atoms with Gasteiger partial charge in [-0.15, -0.1) is 0 Å². The van der Waals surface area contributed by atoms with E-state index in [0.717, 1.165) is 22.3 Å². The van der Waals surface area contributed by atoms with Crippen molar-refractivity contribution in [3.8, 4) is 17.1 Å². The van der Waals surface area contributed by atoms with Crippen molar-refractivity contribution in [3.05, 3.63) is 76.2 Å². The fraction of sp³-hybridized carbons (Fsp3) is 0.190. The van der Waals surface area contributed by atoms with E-state index in [1.807, 2.05) is 18.2 Å². The van der Waals surface area contributed by atoms with E-state index < -0.39 is 0 Å². The van der Waals surface area contributed by atoms with Crippen molar-refractivity contribution in [3.63, 3.8) is 0 Å². The van der Waals surface area contributed by atoms with Crippen LogP contribution in [0, 0.1) is 5.92 Å². The molecule has 126 valence electrons. The zero-order valence-electron chi connectivity index (χ0n) is 14.0. The number of aromatic hydroxyl groups is 1. The fourth-order valence-corrected chi connectivity index (χ4v) is 3.54. The van der Waals surface area contributed by atoms with Crippen LogP contribution in [0.1, 0.15) is 18.4 Å². The zero-order valence-corrected chi connectivity index (χ0v) is 14.0. The van der Waals surface area contributed by atoms with Crippen molar-refractivity contribution < 1.29 is 14.3 Å². The number of fused-ring (bicyclic) bond motifs is 2. The van der Waals surface area contributed by atoms with Crippen molar-refractivity contribution in [1.82, 2.24) is 0 Å². The van der Waals surface area contributed by atoms with Crippen molar-refractivity contribution >= 4 is 11.0 Å². The second kappa shape index (κ2) is 5.81. The molecule has 0 amide bonds. The molecular weight excluding hydrogens is 316 g/mol. The highest BCUT2D eigenvalue weighted by atomic mass is 16.5. The maximum atomic E-state index is 11.8. The van der Waals surface area contributed by atoms with E-state index in [4.69, 9.17) is 9.15 Å². The number of ether oxygens (including phenoxy) is 1. The summed E-state index contributed by atoms with van der Waals surface area (Å²) in [5.41, 5.74) is 2.46. The second-order valence-electron chi connectivity index (χ2n) is 6.37. The van der Waals surface area contributed by atoms with E-state index in [1.54, 1.807) is 25.3 Å². The summed E-state index contributed by atoms with van der Waals surface area (Å²) in [4.78, 5) is 11.8. The van der Waals surface area contributed by atoms with Gasteiger partial charge in [0, 0.05) is 29.0 Å². The Bertz CT molecular complexity index is 1040. The van der Waals surface area contributed by atoms with Gasteiger partial charge >= 0.3 is 0 Å². The van der Waals surface area contributed by atoms with Gasteiger partial charge in [-0.25, -0.2) is 0 Å². The Morgan fingerprint density at radius 3 is 2.76 bits per heavy atom. The van der Waals surface area contributed by atoms with Crippen LogP contribution in [0.2, 0.25) is 0 Å². The van der Waals surface area contributed by atoms with Crippen molar-refractivity contribution in [2.45, 2.75) is 12.8 Å². The van der Waals surface area contributed by atoms with E-state index in [9.17, 15) is 9.90 Å². The molecular formula is C21H18O4. The summed E-state index contributed by atoms with van der Waals surface area (Å²) in [5, 5.41) is 10.7. The van der Waals surface area contributed by atoms with Gasteiger partial charge in [-0.3, -0.25) is 4.79 Å². The van der Waals surface area contributed by atoms with Crippen LogP contribution in [0.25, 0.3) is 22.3 Å². The van der Waals surface area contributed by atoms with Crippen LogP contribution in [0.5, 0.6) is 5.75 Å². The van der Waals surface area contributed by atoms with Crippen LogP contribution in [0.15, 0.2) is 69.6 Å². The lowest BCUT2D eigenvalue weighted by molar-refractivity contribution is 0.299. The smallest absolute Gasteiger partial charge is 0.182 e. The number of methoxy groups -OCH3 is 1. The molecule has 0 radical (unpaired) electrons. The number of phenols is 1. The Hall–Kier alpha value is -3.01. The Labute approximate surface area is 145 Å². The third-order valence-electron chi connectivity index (χ3n) is 4.75. The van der Waals surface area contributed by atoms with Crippen molar-refractivity contribution in [1.29, 1.82) is 0 Å². The van der Waals surface area contributed by atoms with Crippen LogP contribution < -0.4 is 5.43 Å². The molecule has 0 saturated carbocycles. The Balaban J connectivity index is 2.02. The van der Waals surface area contributed by atoms with E-state index in [2.05, 4.69) is 19.1 Å². The number of phenolic OH excluding ortho intramolecular Hbond substituents is 1. The number of hydrogen-bond acceptors (Lipinski definition) is 4. The monoisotopic (exact) mass is 334 g/mol. The van der Waals surface area contributed by atoms with Crippen molar-refractivity contribution in [2.24, 2.45) is 5.92 Å². The van der Waals surface area contributed by atoms with Crippen LogP contribution in [0.3, 0.4) is 0 Å². The summed E-state index contributed by atoms with van der Waals surface area (Å²) >= 11 is 0. The summed E-state index contributed by atoms with van der Waals surface area (Å²) in [7, 11) is 1.66. The molecule has 0 fully saturated rings. The first-order valence-corrected chi connectivity index (χ1v) is 8.20. The molecule has 25 heavy (non-hydrogen) atoms. The Kier molecular flexibility index (Phi) is 3.61. The first-order chi connectivity index (χ1) is 12.1. The topological polar surface area (TPSA) is 59.7 Å². The summed E-state index contributed by atoms with van der Waals surface area (Å²) in [5.74, 6) is 1.84.